The summed E-state index contributed by atoms with van der Waals surface area (Å²) in [4.78, 5) is 13.0. The van der Waals surface area contributed by atoms with Gasteiger partial charge < -0.3 is 5.32 Å². The van der Waals surface area contributed by atoms with Crippen molar-refractivity contribution >= 4 is 16.9 Å². The van der Waals surface area contributed by atoms with Crippen LogP contribution in [0.5, 0.6) is 0 Å². The van der Waals surface area contributed by atoms with E-state index >= 15 is 0 Å². The van der Waals surface area contributed by atoms with Crippen LogP contribution in [0.2, 0.25) is 0 Å². The Morgan fingerprint density at radius 2 is 1.89 bits per heavy atom. The van der Waals surface area contributed by atoms with Gasteiger partial charge in [0, 0.05) is 19.6 Å². The zero-order valence-corrected chi connectivity index (χ0v) is 16.1. The van der Waals surface area contributed by atoms with Crippen LogP contribution in [0, 0.1) is 11.7 Å². The van der Waals surface area contributed by atoms with E-state index in [0.29, 0.717) is 24.5 Å². The number of carbonyl (C=O) groups excluding carboxylic acids is 1. The molecule has 1 saturated heterocycles. The van der Waals surface area contributed by atoms with Gasteiger partial charge in [-0.15, -0.1) is 0 Å². The second-order valence-corrected chi connectivity index (χ2v) is 8.30. The molecule has 2 unspecified atom stereocenters. The maximum atomic E-state index is 13.1. The minimum atomic E-state index is -1.36. The third kappa shape index (κ3) is 5.71. The molecule has 0 aromatic heterocycles. The number of nitrogens with one attached hydrogen (secondary N) is 1. The molecule has 1 N–H and O–H groups in total. The van der Waals surface area contributed by atoms with E-state index < -0.39 is 11.0 Å². The number of hydrogen-bond acceptors (Lipinski definition) is 2. The molecule has 27 heavy (non-hydrogen) atoms. The van der Waals surface area contributed by atoms with Crippen LogP contribution in [-0.4, -0.2) is 34.1 Å². The lowest BCUT2D eigenvalue weighted by molar-refractivity contribution is -0.126. The summed E-state index contributed by atoms with van der Waals surface area (Å²) in [6, 6.07) is 15.9. The van der Waals surface area contributed by atoms with Gasteiger partial charge in [-0.25, -0.2) is 12.9 Å². The van der Waals surface area contributed by atoms with E-state index in [1.165, 1.54) is 17.7 Å². The molecule has 6 heteroatoms. The third-order valence-electron chi connectivity index (χ3n) is 4.79. The highest BCUT2D eigenvalue weighted by atomic mass is 32.2. The molecule has 1 aliphatic heterocycles. The van der Waals surface area contributed by atoms with Crippen LogP contribution in [0.15, 0.2) is 59.5 Å². The minimum Gasteiger partial charge on any atom is -0.356 e. The summed E-state index contributed by atoms with van der Waals surface area (Å²) in [5.41, 5.74) is 1.27. The monoisotopic (exact) mass is 388 g/mol. The van der Waals surface area contributed by atoms with Gasteiger partial charge in [0.25, 0.3) is 0 Å². The van der Waals surface area contributed by atoms with Crippen LogP contribution in [0.3, 0.4) is 0 Å². The Morgan fingerprint density at radius 3 is 2.63 bits per heavy atom. The van der Waals surface area contributed by atoms with Crippen LogP contribution < -0.4 is 5.32 Å². The van der Waals surface area contributed by atoms with Crippen LogP contribution in [-0.2, 0) is 22.2 Å². The number of carbonyl (C=O) groups is 1. The minimum absolute atomic E-state index is 0.0314. The van der Waals surface area contributed by atoms with Crippen molar-refractivity contribution in [1.82, 2.24) is 9.62 Å². The fourth-order valence-corrected chi connectivity index (χ4v) is 4.58. The van der Waals surface area contributed by atoms with Gasteiger partial charge in [0.2, 0.25) is 5.91 Å². The van der Waals surface area contributed by atoms with Gasteiger partial charge in [0.15, 0.2) is 0 Å². The van der Waals surface area contributed by atoms with Gasteiger partial charge in [0.05, 0.1) is 10.8 Å². The highest BCUT2D eigenvalue weighted by Crippen LogP contribution is 2.21. The normalized spacial score (nSPS) is 18.8. The van der Waals surface area contributed by atoms with Crippen LogP contribution in [0.4, 0.5) is 4.39 Å². The van der Waals surface area contributed by atoms with Gasteiger partial charge in [-0.05, 0) is 55.5 Å². The number of amides is 1. The molecule has 1 aliphatic rings. The fraction of sp³-hybridized carbons (Fsp3) is 0.381. The summed E-state index contributed by atoms with van der Waals surface area (Å²) in [5, 5.41) is 3.02. The maximum Gasteiger partial charge on any atom is 0.224 e. The number of rotatable bonds is 7. The molecule has 0 radical (unpaired) electrons. The number of hydrogen-bond donors (Lipinski definition) is 1. The standard InChI is InChI=1S/C21H25FN2O2S/c22-19-10-12-20(13-11-19)27(26)24-15-5-9-18(16-24)21(25)23-14-4-8-17-6-2-1-3-7-17/h1-3,6-7,10-13,18H,4-5,8-9,14-16H2,(H,23,25). The molecule has 1 amide bonds. The molecule has 2 atom stereocenters. The van der Waals surface area contributed by atoms with Crippen molar-refractivity contribution in [2.75, 3.05) is 19.6 Å². The number of aryl methyl sites for hydroxylation is 1. The average molecular weight is 389 g/mol. The third-order valence-corrected chi connectivity index (χ3v) is 6.27. The quantitative estimate of drug-likeness (QED) is 0.740. The molecule has 3 rings (SSSR count). The van der Waals surface area contributed by atoms with Crippen molar-refractivity contribution < 1.29 is 13.4 Å². The summed E-state index contributed by atoms with van der Waals surface area (Å²) in [6.07, 6.45) is 3.47. The van der Waals surface area contributed by atoms with E-state index in [0.717, 1.165) is 25.7 Å². The van der Waals surface area contributed by atoms with E-state index in [2.05, 4.69) is 17.4 Å². The van der Waals surface area contributed by atoms with E-state index in [1.807, 2.05) is 22.5 Å². The number of nitrogens with zero attached hydrogens (tertiary/aromatic N) is 1. The van der Waals surface area contributed by atoms with E-state index in [9.17, 15) is 13.4 Å². The summed E-state index contributed by atoms with van der Waals surface area (Å²) < 4.78 is 27.5. The van der Waals surface area contributed by atoms with Gasteiger partial charge >= 0.3 is 0 Å². The lowest BCUT2D eigenvalue weighted by Crippen LogP contribution is -2.43. The maximum absolute atomic E-state index is 13.1. The first-order valence-electron chi connectivity index (χ1n) is 9.37. The molecule has 0 bridgehead atoms. The lowest BCUT2D eigenvalue weighted by atomic mass is 9.99. The zero-order valence-electron chi connectivity index (χ0n) is 15.3. The second kappa shape index (κ2) is 9.76. The van der Waals surface area contributed by atoms with Crippen molar-refractivity contribution in [2.24, 2.45) is 5.92 Å². The van der Waals surface area contributed by atoms with Crippen molar-refractivity contribution in [3.63, 3.8) is 0 Å². The first-order valence-corrected chi connectivity index (χ1v) is 10.5. The van der Waals surface area contributed by atoms with Gasteiger partial charge in [-0.1, -0.05) is 30.3 Å². The van der Waals surface area contributed by atoms with Crippen LogP contribution in [0.1, 0.15) is 24.8 Å². The molecule has 0 aliphatic carbocycles. The van der Waals surface area contributed by atoms with Crippen molar-refractivity contribution in [1.29, 1.82) is 0 Å². The Balaban J connectivity index is 1.46. The molecule has 4 nitrogen and oxygen atoms in total. The van der Waals surface area contributed by atoms with E-state index in [1.54, 1.807) is 12.1 Å². The van der Waals surface area contributed by atoms with Crippen molar-refractivity contribution in [2.45, 2.75) is 30.6 Å². The smallest absolute Gasteiger partial charge is 0.224 e. The summed E-state index contributed by atoms with van der Waals surface area (Å²) in [5.74, 6) is -0.467. The number of benzene rings is 2. The van der Waals surface area contributed by atoms with E-state index in [-0.39, 0.29) is 17.6 Å². The topological polar surface area (TPSA) is 49.4 Å². The Bertz CT molecular complexity index is 768. The summed E-state index contributed by atoms with van der Waals surface area (Å²) in [7, 11) is -1.36. The molecule has 1 heterocycles. The molecule has 2 aromatic rings. The number of halogens is 1. The van der Waals surface area contributed by atoms with Crippen molar-refractivity contribution in [3.05, 3.63) is 66.0 Å². The zero-order chi connectivity index (χ0) is 19.1. The first-order chi connectivity index (χ1) is 13.1. The molecule has 1 fully saturated rings. The number of piperidine rings is 1. The Hall–Kier alpha value is -2.05. The summed E-state index contributed by atoms with van der Waals surface area (Å²) in [6.45, 7) is 1.79. The predicted octanol–water partition coefficient (Wildman–Crippen LogP) is 3.31. The first kappa shape index (κ1) is 19.7. The lowest BCUT2D eigenvalue weighted by Gasteiger charge is -2.30. The average Bonchev–Trinajstić information content (AvgIpc) is 2.72. The SMILES string of the molecule is O=C(NCCCc1ccccc1)C1CCCN(S(=O)c2ccc(F)cc2)C1. The Labute approximate surface area is 162 Å². The highest BCUT2D eigenvalue weighted by Gasteiger charge is 2.28. The Kier molecular flexibility index (Phi) is 7.12. The largest absolute Gasteiger partial charge is 0.356 e. The molecule has 0 saturated carbocycles. The molecule has 2 aromatic carbocycles. The molecule has 144 valence electrons. The second-order valence-electron chi connectivity index (χ2n) is 6.81. The van der Waals surface area contributed by atoms with Gasteiger partial charge in [-0.2, -0.15) is 0 Å². The molecular weight excluding hydrogens is 363 g/mol. The van der Waals surface area contributed by atoms with Crippen molar-refractivity contribution in [3.8, 4) is 0 Å². The fourth-order valence-electron chi connectivity index (χ4n) is 3.30. The predicted molar refractivity (Wildman–Crippen MR) is 105 cm³/mol. The van der Waals surface area contributed by atoms with E-state index in [4.69, 9.17) is 0 Å². The molecular formula is C21H25FN2O2S. The molecule has 0 spiro atoms. The highest BCUT2D eigenvalue weighted by molar-refractivity contribution is 7.82. The van der Waals surface area contributed by atoms with Gasteiger partial charge in [0.1, 0.15) is 16.8 Å². The summed E-state index contributed by atoms with van der Waals surface area (Å²) >= 11 is 0. The van der Waals surface area contributed by atoms with Gasteiger partial charge in [-0.3, -0.25) is 4.79 Å². The Morgan fingerprint density at radius 1 is 1.15 bits per heavy atom. The van der Waals surface area contributed by atoms with Crippen LogP contribution in [0.25, 0.3) is 0 Å². The van der Waals surface area contributed by atoms with Crippen LogP contribution >= 0.6 is 0 Å².